The van der Waals surface area contributed by atoms with Gasteiger partial charge in [0.15, 0.2) is 5.82 Å². The lowest BCUT2D eigenvalue weighted by atomic mass is 10.2. The Morgan fingerprint density at radius 1 is 1.28 bits per heavy atom. The molecule has 5 heteroatoms. The van der Waals surface area contributed by atoms with E-state index in [9.17, 15) is 0 Å². The number of anilines is 1. The maximum atomic E-state index is 4.66. The van der Waals surface area contributed by atoms with Crippen molar-refractivity contribution < 1.29 is 0 Å². The van der Waals surface area contributed by atoms with Crippen molar-refractivity contribution in [2.45, 2.75) is 13.8 Å². The van der Waals surface area contributed by atoms with Gasteiger partial charge in [-0.15, -0.1) is 11.3 Å². The normalized spacial score (nSPS) is 11.0. The Morgan fingerprint density at radius 2 is 2.17 bits per heavy atom. The maximum Gasteiger partial charge on any atom is 0.164 e. The zero-order chi connectivity index (χ0) is 12.5. The lowest BCUT2D eigenvalue weighted by Crippen LogP contribution is -2.01. The first-order valence-corrected chi connectivity index (χ1v) is 7.64. The number of hydrogen-bond donors (Lipinski definition) is 1. The number of hydrogen-bond acceptors (Lipinski definition) is 5. The molecule has 0 aliphatic carbocycles. The first kappa shape index (κ1) is 11.6. The van der Waals surface area contributed by atoms with Crippen molar-refractivity contribution in [2.24, 2.45) is 0 Å². The second kappa shape index (κ2) is 4.66. The van der Waals surface area contributed by atoms with E-state index < -0.39 is 0 Å². The SMILES string of the molecule is CCNc1nc(-c2cscc2C)nc2sccc12. The predicted octanol–water partition coefficient (Wildman–Crippen LogP) is 4.16. The second-order valence-electron chi connectivity index (χ2n) is 4.03. The van der Waals surface area contributed by atoms with Gasteiger partial charge in [-0.25, -0.2) is 9.97 Å². The van der Waals surface area contributed by atoms with Gasteiger partial charge in [-0.05, 0) is 36.2 Å². The quantitative estimate of drug-likeness (QED) is 0.780. The van der Waals surface area contributed by atoms with Gasteiger partial charge in [-0.3, -0.25) is 0 Å². The minimum Gasteiger partial charge on any atom is -0.370 e. The fourth-order valence-electron chi connectivity index (χ4n) is 1.87. The number of aromatic nitrogens is 2. The second-order valence-corrected chi connectivity index (χ2v) is 5.67. The third-order valence-corrected chi connectivity index (χ3v) is 4.43. The first-order chi connectivity index (χ1) is 8.79. The van der Waals surface area contributed by atoms with E-state index >= 15 is 0 Å². The molecule has 3 heterocycles. The molecule has 3 rings (SSSR count). The molecule has 0 radical (unpaired) electrons. The Morgan fingerprint density at radius 3 is 2.89 bits per heavy atom. The highest BCUT2D eigenvalue weighted by molar-refractivity contribution is 7.16. The van der Waals surface area contributed by atoms with Crippen molar-refractivity contribution >= 4 is 38.7 Å². The first-order valence-electron chi connectivity index (χ1n) is 5.82. The molecule has 0 saturated heterocycles. The van der Waals surface area contributed by atoms with Crippen LogP contribution in [0.25, 0.3) is 21.6 Å². The van der Waals surface area contributed by atoms with Crippen LogP contribution in [-0.2, 0) is 0 Å². The lowest BCUT2D eigenvalue weighted by Gasteiger charge is -2.06. The number of fused-ring (bicyclic) bond motifs is 1. The van der Waals surface area contributed by atoms with Gasteiger partial charge in [-0.2, -0.15) is 11.3 Å². The summed E-state index contributed by atoms with van der Waals surface area (Å²) in [5.41, 5.74) is 2.37. The molecule has 92 valence electrons. The molecular formula is C13H13N3S2. The van der Waals surface area contributed by atoms with Gasteiger partial charge < -0.3 is 5.32 Å². The van der Waals surface area contributed by atoms with Crippen molar-refractivity contribution in [3.8, 4) is 11.4 Å². The summed E-state index contributed by atoms with van der Waals surface area (Å²) in [6, 6.07) is 2.07. The monoisotopic (exact) mass is 275 g/mol. The van der Waals surface area contributed by atoms with Gasteiger partial charge in [0.05, 0.1) is 5.39 Å². The van der Waals surface area contributed by atoms with Crippen molar-refractivity contribution in [1.29, 1.82) is 0 Å². The number of thiophene rings is 2. The predicted molar refractivity (Wildman–Crippen MR) is 79.6 cm³/mol. The van der Waals surface area contributed by atoms with Crippen LogP contribution in [0.15, 0.2) is 22.2 Å². The number of aryl methyl sites for hydroxylation is 1. The summed E-state index contributed by atoms with van der Waals surface area (Å²) in [5.74, 6) is 1.75. The summed E-state index contributed by atoms with van der Waals surface area (Å²) in [6.45, 7) is 5.04. The Labute approximate surface area is 114 Å². The van der Waals surface area contributed by atoms with Gasteiger partial charge in [-0.1, -0.05) is 0 Å². The van der Waals surface area contributed by atoms with E-state index in [0.29, 0.717) is 0 Å². The van der Waals surface area contributed by atoms with Crippen molar-refractivity contribution in [2.75, 3.05) is 11.9 Å². The minimum absolute atomic E-state index is 0.819. The third kappa shape index (κ3) is 1.89. The van der Waals surface area contributed by atoms with Crippen LogP contribution in [0.1, 0.15) is 12.5 Å². The fourth-order valence-corrected chi connectivity index (χ4v) is 3.46. The zero-order valence-corrected chi connectivity index (χ0v) is 11.9. The van der Waals surface area contributed by atoms with Gasteiger partial charge in [0, 0.05) is 17.5 Å². The van der Waals surface area contributed by atoms with Crippen LogP contribution in [0.2, 0.25) is 0 Å². The van der Waals surface area contributed by atoms with E-state index in [2.05, 4.69) is 51.3 Å². The Kier molecular flexibility index (Phi) is 3.01. The standard InChI is InChI=1S/C13H13N3S2/c1-3-14-11-9-4-5-18-13(9)16-12(15-11)10-7-17-6-8(10)2/h4-7H,3H2,1-2H3,(H,14,15,16). The average molecular weight is 275 g/mol. The molecular weight excluding hydrogens is 262 g/mol. The molecule has 0 spiro atoms. The largest absolute Gasteiger partial charge is 0.370 e. The van der Waals surface area contributed by atoms with Crippen molar-refractivity contribution in [3.63, 3.8) is 0 Å². The van der Waals surface area contributed by atoms with Gasteiger partial charge in [0.1, 0.15) is 10.6 Å². The molecule has 18 heavy (non-hydrogen) atoms. The van der Waals surface area contributed by atoms with Crippen LogP contribution >= 0.6 is 22.7 Å². The molecule has 0 unspecified atom stereocenters. The molecule has 3 aromatic rings. The fraction of sp³-hybridized carbons (Fsp3) is 0.231. The molecule has 0 aliphatic heterocycles. The summed E-state index contributed by atoms with van der Waals surface area (Å²) in [5, 5.41) is 10.7. The molecule has 0 amide bonds. The van der Waals surface area contributed by atoms with Crippen molar-refractivity contribution in [3.05, 3.63) is 27.8 Å². The lowest BCUT2D eigenvalue weighted by molar-refractivity contribution is 1.15. The van der Waals surface area contributed by atoms with Crippen LogP contribution in [0.3, 0.4) is 0 Å². The number of nitrogens with zero attached hydrogens (tertiary/aromatic N) is 2. The van der Waals surface area contributed by atoms with E-state index in [1.807, 2.05) is 0 Å². The highest BCUT2D eigenvalue weighted by Gasteiger charge is 2.11. The molecule has 3 nitrogen and oxygen atoms in total. The minimum atomic E-state index is 0.819. The Balaban J connectivity index is 2.21. The molecule has 0 saturated carbocycles. The average Bonchev–Trinajstić information content (AvgIpc) is 2.97. The summed E-state index contributed by atoms with van der Waals surface area (Å²) in [7, 11) is 0. The molecule has 0 aliphatic rings. The van der Waals surface area contributed by atoms with E-state index in [0.717, 1.165) is 34.0 Å². The van der Waals surface area contributed by atoms with E-state index in [4.69, 9.17) is 0 Å². The van der Waals surface area contributed by atoms with Gasteiger partial charge in [0.25, 0.3) is 0 Å². The van der Waals surface area contributed by atoms with E-state index in [-0.39, 0.29) is 0 Å². The van der Waals surface area contributed by atoms with Gasteiger partial charge in [0.2, 0.25) is 0 Å². The summed E-state index contributed by atoms with van der Waals surface area (Å²) < 4.78 is 0. The van der Waals surface area contributed by atoms with Crippen LogP contribution < -0.4 is 5.32 Å². The molecule has 3 aromatic heterocycles. The molecule has 0 fully saturated rings. The Hall–Kier alpha value is -1.46. The van der Waals surface area contributed by atoms with Crippen molar-refractivity contribution in [1.82, 2.24) is 9.97 Å². The highest BCUT2D eigenvalue weighted by atomic mass is 32.1. The molecule has 1 N–H and O–H groups in total. The van der Waals surface area contributed by atoms with E-state index in [1.54, 1.807) is 22.7 Å². The Bertz CT molecular complexity index is 684. The molecule has 0 bridgehead atoms. The van der Waals surface area contributed by atoms with Crippen LogP contribution in [-0.4, -0.2) is 16.5 Å². The number of rotatable bonds is 3. The van der Waals surface area contributed by atoms with Gasteiger partial charge >= 0.3 is 0 Å². The summed E-state index contributed by atoms with van der Waals surface area (Å²) >= 11 is 3.35. The molecule has 0 atom stereocenters. The maximum absolute atomic E-state index is 4.66. The van der Waals surface area contributed by atoms with Crippen LogP contribution in [0, 0.1) is 6.92 Å². The van der Waals surface area contributed by atoms with E-state index in [1.165, 1.54) is 5.56 Å². The summed E-state index contributed by atoms with van der Waals surface area (Å²) in [6.07, 6.45) is 0. The molecule has 0 aromatic carbocycles. The highest BCUT2D eigenvalue weighted by Crippen LogP contribution is 2.30. The summed E-state index contributed by atoms with van der Waals surface area (Å²) in [4.78, 5) is 10.4. The topological polar surface area (TPSA) is 37.8 Å². The zero-order valence-electron chi connectivity index (χ0n) is 10.2. The third-order valence-electron chi connectivity index (χ3n) is 2.77. The van der Waals surface area contributed by atoms with Crippen LogP contribution in [0.5, 0.6) is 0 Å². The number of nitrogens with one attached hydrogen (secondary N) is 1. The smallest absolute Gasteiger partial charge is 0.164 e. The van der Waals surface area contributed by atoms with Crippen LogP contribution in [0.4, 0.5) is 5.82 Å².